The Balaban J connectivity index is 2.33. The molecule has 0 saturated carbocycles. The number of likely N-dealkylation sites (tertiary alicyclic amines) is 1. The molecule has 0 aromatic heterocycles. The monoisotopic (exact) mass is 242 g/mol. The van der Waals surface area contributed by atoms with Gasteiger partial charge in [-0.15, -0.1) is 0 Å². The third-order valence-electron chi connectivity index (χ3n) is 2.72. The van der Waals surface area contributed by atoms with Gasteiger partial charge in [-0.1, -0.05) is 18.3 Å². The molecule has 5 heteroatoms. The number of nitrogens with two attached hydrogens (primary N) is 1. The Kier molecular flexibility index (Phi) is 6.52. The molecule has 1 saturated heterocycles. The van der Waals surface area contributed by atoms with Gasteiger partial charge in [-0.2, -0.15) is 0 Å². The fraction of sp³-hybridized carbons (Fsp3) is 0.727. The van der Waals surface area contributed by atoms with E-state index < -0.39 is 0 Å². The lowest BCUT2D eigenvalue weighted by molar-refractivity contribution is 0.288. The number of rotatable bonds is 4. The molecule has 16 heavy (non-hydrogen) atoms. The highest BCUT2D eigenvalue weighted by molar-refractivity contribution is 8.16. The SMILES string of the molecule is C=CSC(=NC)N1CCC(NCCN)CC1. The third kappa shape index (κ3) is 4.15. The average molecular weight is 242 g/mol. The predicted octanol–water partition coefficient (Wildman–Crippen LogP) is 0.862. The highest BCUT2D eigenvalue weighted by Crippen LogP contribution is 2.16. The van der Waals surface area contributed by atoms with Crippen molar-refractivity contribution in [2.45, 2.75) is 18.9 Å². The number of aliphatic imine (C=N–C) groups is 1. The van der Waals surface area contributed by atoms with Crippen molar-refractivity contribution in [1.82, 2.24) is 10.2 Å². The highest BCUT2D eigenvalue weighted by atomic mass is 32.2. The van der Waals surface area contributed by atoms with Gasteiger partial charge in [0, 0.05) is 39.3 Å². The molecule has 3 N–H and O–H groups in total. The second kappa shape index (κ2) is 7.70. The molecule has 1 fully saturated rings. The summed E-state index contributed by atoms with van der Waals surface area (Å²) in [5.74, 6) is 0. The van der Waals surface area contributed by atoms with Crippen molar-refractivity contribution in [3.63, 3.8) is 0 Å². The van der Waals surface area contributed by atoms with Crippen LogP contribution in [0.25, 0.3) is 0 Å². The standard InChI is InChI=1S/C11H22N4S/c1-3-16-11(13-2)15-8-4-10(5-9-15)14-7-6-12/h3,10,14H,1,4-9,12H2,2H3. The minimum Gasteiger partial charge on any atom is -0.351 e. The zero-order valence-electron chi connectivity index (χ0n) is 9.98. The number of hydrogen-bond donors (Lipinski definition) is 2. The third-order valence-corrected chi connectivity index (χ3v) is 3.54. The van der Waals surface area contributed by atoms with Gasteiger partial charge in [-0.25, -0.2) is 0 Å². The topological polar surface area (TPSA) is 53.6 Å². The van der Waals surface area contributed by atoms with E-state index >= 15 is 0 Å². The first-order valence-electron chi connectivity index (χ1n) is 5.74. The van der Waals surface area contributed by atoms with E-state index in [9.17, 15) is 0 Å². The quantitative estimate of drug-likeness (QED) is 0.567. The maximum atomic E-state index is 5.48. The Morgan fingerprint density at radius 2 is 2.31 bits per heavy atom. The molecule has 0 spiro atoms. The van der Waals surface area contributed by atoms with Gasteiger partial charge in [-0.05, 0) is 18.2 Å². The van der Waals surface area contributed by atoms with Gasteiger partial charge in [0.1, 0.15) is 0 Å². The van der Waals surface area contributed by atoms with Gasteiger partial charge >= 0.3 is 0 Å². The molecule has 0 aliphatic carbocycles. The molecule has 92 valence electrons. The zero-order valence-corrected chi connectivity index (χ0v) is 10.8. The molecular weight excluding hydrogens is 220 g/mol. The molecule has 0 atom stereocenters. The van der Waals surface area contributed by atoms with Gasteiger partial charge in [-0.3, -0.25) is 4.99 Å². The zero-order chi connectivity index (χ0) is 11.8. The Morgan fingerprint density at radius 1 is 1.62 bits per heavy atom. The van der Waals surface area contributed by atoms with Crippen molar-refractivity contribution in [3.8, 4) is 0 Å². The Hall–Kier alpha value is -0.520. The van der Waals surface area contributed by atoms with Crippen LogP contribution < -0.4 is 11.1 Å². The van der Waals surface area contributed by atoms with Crippen LogP contribution >= 0.6 is 11.8 Å². The molecule has 1 heterocycles. The number of nitrogens with zero attached hydrogens (tertiary/aromatic N) is 2. The largest absolute Gasteiger partial charge is 0.351 e. The Bertz CT molecular complexity index is 234. The molecule has 0 aromatic carbocycles. The van der Waals surface area contributed by atoms with Crippen LogP contribution in [-0.2, 0) is 0 Å². The molecule has 1 aliphatic heterocycles. The maximum Gasteiger partial charge on any atom is 0.163 e. The van der Waals surface area contributed by atoms with Crippen molar-refractivity contribution in [2.24, 2.45) is 10.7 Å². The number of thioether (sulfide) groups is 1. The molecule has 0 amide bonds. The van der Waals surface area contributed by atoms with Crippen LogP contribution in [0.2, 0.25) is 0 Å². The minimum absolute atomic E-state index is 0.617. The van der Waals surface area contributed by atoms with Crippen LogP contribution in [0.5, 0.6) is 0 Å². The van der Waals surface area contributed by atoms with E-state index in [0.717, 1.165) is 37.6 Å². The van der Waals surface area contributed by atoms with Gasteiger partial charge in [0.05, 0.1) is 0 Å². The summed E-state index contributed by atoms with van der Waals surface area (Å²) >= 11 is 1.60. The van der Waals surface area contributed by atoms with Crippen LogP contribution in [-0.4, -0.2) is 49.3 Å². The smallest absolute Gasteiger partial charge is 0.163 e. The molecule has 0 aromatic rings. The number of amidine groups is 1. The summed E-state index contributed by atoms with van der Waals surface area (Å²) in [7, 11) is 1.84. The molecular formula is C11H22N4S. The molecule has 1 rings (SSSR count). The second-order valence-corrected chi connectivity index (χ2v) is 4.73. The van der Waals surface area contributed by atoms with E-state index in [-0.39, 0.29) is 0 Å². The summed E-state index contributed by atoms with van der Waals surface area (Å²) in [6, 6.07) is 0.617. The lowest BCUT2D eigenvalue weighted by Gasteiger charge is -2.33. The molecule has 4 nitrogen and oxygen atoms in total. The van der Waals surface area contributed by atoms with Gasteiger partial charge in [0.2, 0.25) is 0 Å². The molecule has 0 unspecified atom stereocenters. The van der Waals surface area contributed by atoms with Crippen LogP contribution in [0.3, 0.4) is 0 Å². The lowest BCUT2D eigenvalue weighted by Crippen LogP contribution is -2.45. The van der Waals surface area contributed by atoms with Gasteiger partial charge < -0.3 is 16.0 Å². The van der Waals surface area contributed by atoms with E-state index in [1.165, 1.54) is 0 Å². The van der Waals surface area contributed by atoms with Crippen molar-refractivity contribution < 1.29 is 0 Å². The first-order chi connectivity index (χ1) is 7.81. The first-order valence-corrected chi connectivity index (χ1v) is 6.62. The van der Waals surface area contributed by atoms with Crippen molar-refractivity contribution in [3.05, 3.63) is 12.0 Å². The second-order valence-electron chi connectivity index (χ2n) is 3.79. The Morgan fingerprint density at radius 3 is 2.81 bits per heavy atom. The summed E-state index contributed by atoms with van der Waals surface area (Å²) in [4.78, 5) is 6.61. The molecule has 0 bridgehead atoms. The van der Waals surface area contributed by atoms with Crippen molar-refractivity contribution in [2.75, 3.05) is 33.2 Å². The van der Waals surface area contributed by atoms with Crippen LogP contribution in [0, 0.1) is 0 Å². The van der Waals surface area contributed by atoms with E-state index in [0.29, 0.717) is 12.6 Å². The number of nitrogens with one attached hydrogen (secondary N) is 1. The fourth-order valence-electron chi connectivity index (χ4n) is 1.91. The number of hydrogen-bond acceptors (Lipinski definition) is 4. The predicted molar refractivity (Wildman–Crippen MR) is 72.8 cm³/mol. The van der Waals surface area contributed by atoms with E-state index in [2.05, 4.69) is 21.8 Å². The van der Waals surface area contributed by atoms with E-state index in [1.807, 2.05) is 12.5 Å². The van der Waals surface area contributed by atoms with E-state index in [4.69, 9.17) is 5.73 Å². The lowest BCUT2D eigenvalue weighted by atomic mass is 10.1. The average Bonchev–Trinajstić information content (AvgIpc) is 2.34. The molecule has 1 aliphatic rings. The van der Waals surface area contributed by atoms with Crippen molar-refractivity contribution >= 4 is 16.9 Å². The first kappa shape index (κ1) is 13.5. The van der Waals surface area contributed by atoms with Gasteiger partial charge in [0.15, 0.2) is 5.17 Å². The molecule has 0 radical (unpaired) electrons. The summed E-state index contributed by atoms with van der Waals surface area (Å²) in [6.45, 7) is 7.49. The van der Waals surface area contributed by atoms with E-state index in [1.54, 1.807) is 11.8 Å². The van der Waals surface area contributed by atoms with Crippen molar-refractivity contribution in [1.29, 1.82) is 0 Å². The van der Waals surface area contributed by atoms with Gasteiger partial charge in [0.25, 0.3) is 0 Å². The summed E-state index contributed by atoms with van der Waals surface area (Å²) in [6.07, 6.45) is 2.33. The van der Waals surface area contributed by atoms with Crippen LogP contribution in [0.4, 0.5) is 0 Å². The minimum atomic E-state index is 0.617. The summed E-state index contributed by atoms with van der Waals surface area (Å²) in [5, 5.41) is 6.37. The summed E-state index contributed by atoms with van der Waals surface area (Å²) in [5.41, 5.74) is 5.48. The highest BCUT2D eigenvalue weighted by Gasteiger charge is 2.20. The fourth-order valence-corrected chi connectivity index (χ4v) is 2.49. The van der Waals surface area contributed by atoms with Crippen LogP contribution in [0.1, 0.15) is 12.8 Å². The normalized spacial score (nSPS) is 18.9. The maximum absolute atomic E-state index is 5.48. The summed E-state index contributed by atoms with van der Waals surface area (Å²) < 4.78 is 0. The number of piperidine rings is 1. The Labute approximate surface area is 102 Å². The van der Waals surface area contributed by atoms with Crippen LogP contribution in [0.15, 0.2) is 17.0 Å².